The molecule has 3 rings (SSSR count). The van der Waals surface area contributed by atoms with Crippen LogP contribution >= 0.6 is 0 Å². The predicted molar refractivity (Wildman–Crippen MR) is 90.4 cm³/mol. The number of fused-ring (bicyclic) bond motifs is 1. The minimum absolute atomic E-state index is 0.241. The van der Waals surface area contributed by atoms with Gasteiger partial charge in [0.2, 0.25) is 0 Å². The van der Waals surface area contributed by atoms with Crippen LogP contribution in [0.1, 0.15) is 33.2 Å². The molecule has 128 valence electrons. The van der Waals surface area contributed by atoms with E-state index in [1.54, 1.807) is 31.0 Å². The second-order valence-corrected chi connectivity index (χ2v) is 5.94. The van der Waals surface area contributed by atoms with Crippen molar-refractivity contribution in [3.8, 4) is 0 Å². The number of hydroxylamine groups is 2. The number of rotatable bonds is 5. The summed E-state index contributed by atoms with van der Waals surface area (Å²) in [5, 5.41) is 0.542. The molecule has 1 unspecified atom stereocenters. The summed E-state index contributed by atoms with van der Waals surface area (Å²) in [4.78, 5) is 43.7. The first kappa shape index (κ1) is 16.9. The van der Waals surface area contributed by atoms with E-state index in [-0.39, 0.29) is 11.1 Å². The quantitative estimate of drug-likeness (QED) is 0.783. The molecule has 1 atom stereocenters. The molecule has 0 fully saturated rings. The minimum atomic E-state index is -0.659. The summed E-state index contributed by atoms with van der Waals surface area (Å²) in [6, 6.07) is 15.4. The van der Waals surface area contributed by atoms with Crippen LogP contribution in [0.15, 0.2) is 54.6 Å². The lowest BCUT2D eigenvalue weighted by molar-refractivity contribution is -0.174. The lowest BCUT2D eigenvalue weighted by Gasteiger charge is -2.24. The van der Waals surface area contributed by atoms with Gasteiger partial charge in [-0.05, 0) is 31.7 Å². The number of hydrogen-bond donors (Lipinski definition) is 0. The molecule has 6 nitrogen and oxygen atoms in total. The van der Waals surface area contributed by atoms with Crippen LogP contribution in [-0.2, 0) is 16.2 Å². The highest BCUT2D eigenvalue weighted by molar-refractivity contribution is 6.20. The molecule has 0 spiro atoms. The van der Waals surface area contributed by atoms with Crippen molar-refractivity contribution in [2.24, 2.45) is 0 Å². The van der Waals surface area contributed by atoms with Gasteiger partial charge in [-0.3, -0.25) is 14.5 Å². The molecule has 0 radical (unpaired) electrons. The fourth-order valence-electron chi connectivity index (χ4n) is 2.60. The van der Waals surface area contributed by atoms with Crippen molar-refractivity contribution in [1.82, 2.24) is 9.96 Å². The molecule has 0 aromatic heterocycles. The Morgan fingerprint density at radius 1 is 1.00 bits per heavy atom. The molecule has 1 aliphatic heterocycles. The van der Waals surface area contributed by atoms with Crippen LogP contribution in [0.5, 0.6) is 0 Å². The molecular formula is C19H18N2O4. The topological polar surface area (TPSA) is 66.9 Å². The van der Waals surface area contributed by atoms with Crippen molar-refractivity contribution in [2.75, 3.05) is 7.05 Å². The first-order valence-corrected chi connectivity index (χ1v) is 7.93. The summed E-state index contributed by atoms with van der Waals surface area (Å²) in [6.07, 6.45) is 0. The van der Waals surface area contributed by atoms with Gasteiger partial charge in [0.25, 0.3) is 11.8 Å². The van der Waals surface area contributed by atoms with E-state index in [4.69, 9.17) is 4.84 Å². The van der Waals surface area contributed by atoms with Crippen molar-refractivity contribution in [1.29, 1.82) is 0 Å². The summed E-state index contributed by atoms with van der Waals surface area (Å²) in [5.41, 5.74) is 1.53. The molecule has 0 aliphatic carbocycles. The SMILES string of the molecule is CC(C(=O)ON1C(=O)c2ccccc2C1=O)N(C)Cc1ccccc1. The number of carbonyl (C=O) groups is 3. The normalized spacial score (nSPS) is 14.6. The molecule has 2 amide bonds. The molecular weight excluding hydrogens is 320 g/mol. The maximum absolute atomic E-state index is 12.4. The maximum Gasteiger partial charge on any atom is 0.349 e. The van der Waals surface area contributed by atoms with E-state index < -0.39 is 23.8 Å². The molecule has 0 saturated heterocycles. The van der Waals surface area contributed by atoms with Gasteiger partial charge in [-0.15, -0.1) is 0 Å². The first-order valence-electron chi connectivity index (χ1n) is 7.93. The standard InChI is InChI=1S/C19H18N2O4/c1-13(20(2)12-14-8-4-3-5-9-14)19(24)25-21-17(22)15-10-6-7-11-16(15)18(21)23/h3-11,13H,12H2,1-2H3. The van der Waals surface area contributed by atoms with Crippen molar-refractivity contribution >= 4 is 17.8 Å². The van der Waals surface area contributed by atoms with E-state index in [9.17, 15) is 14.4 Å². The fourth-order valence-corrected chi connectivity index (χ4v) is 2.60. The largest absolute Gasteiger partial charge is 0.349 e. The number of carbonyl (C=O) groups excluding carboxylic acids is 3. The number of nitrogens with zero attached hydrogens (tertiary/aromatic N) is 2. The third-order valence-corrected chi connectivity index (χ3v) is 4.22. The highest BCUT2D eigenvalue weighted by Gasteiger charge is 2.39. The Labute approximate surface area is 145 Å². The Bertz CT molecular complexity index is 784. The number of hydrogen-bond acceptors (Lipinski definition) is 5. The van der Waals surface area contributed by atoms with Crippen molar-refractivity contribution < 1.29 is 19.2 Å². The van der Waals surface area contributed by atoms with Crippen LogP contribution < -0.4 is 0 Å². The lowest BCUT2D eigenvalue weighted by Crippen LogP contribution is -2.42. The Balaban J connectivity index is 1.66. The zero-order chi connectivity index (χ0) is 18.0. The van der Waals surface area contributed by atoms with E-state index >= 15 is 0 Å². The Kier molecular flexibility index (Phi) is 4.63. The molecule has 1 heterocycles. The van der Waals surface area contributed by atoms with Gasteiger partial charge in [-0.25, -0.2) is 4.79 Å². The molecule has 0 bridgehead atoms. The average Bonchev–Trinajstić information content (AvgIpc) is 2.87. The Morgan fingerprint density at radius 2 is 1.52 bits per heavy atom. The van der Waals surface area contributed by atoms with Gasteiger partial charge >= 0.3 is 5.97 Å². The monoisotopic (exact) mass is 338 g/mol. The van der Waals surface area contributed by atoms with Crippen LogP contribution in [0.2, 0.25) is 0 Å². The summed E-state index contributed by atoms with van der Waals surface area (Å²) in [6.45, 7) is 2.21. The number of benzene rings is 2. The average molecular weight is 338 g/mol. The summed E-state index contributed by atoms with van der Waals surface area (Å²) in [7, 11) is 1.78. The number of imide groups is 1. The summed E-state index contributed by atoms with van der Waals surface area (Å²) < 4.78 is 0. The highest BCUT2D eigenvalue weighted by atomic mass is 16.7. The van der Waals surface area contributed by atoms with E-state index in [0.29, 0.717) is 11.6 Å². The molecule has 2 aromatic rings. The number of amides is 2. The highest BCUT2D eigenvalue weighted by Crippen LogP contribution is 2.23. The van der Waals surface area contributed by atoms with Gasteiger partial charge in [-0.1, -0.05) is 47.5 Å². The van der Waals surface area contributed by atoms with Crippen LogP contribution in [0, 0.1) is 0 Å². The van der Waals surface area contributed by atoms with Crippen LogP contribution in [0.3, 0.4) is 0 Å². The van der Waals surface area contributed by atoms with E-state index in [1.807, 2.05) is 30.3 Å². The van der Waals surface area contributed by atoms with Gasteiger partial charge in [0.15, 0.2) is 0 Å². The minimum Gasteiger partial charge on any atom is -0.328 e. The van der Waals surface area contributed by atoms with Crippen molar-refractivity contribution in [3.63, 3.8) is 0 Å². The zero-order valence-corrected chi connectivity index (χ0v) is 14.0. The van der Waals surface area contributed by atoms with Crippen molar-refractivity contribution in [3.05, 3.63) is 71.3 Å². The zero-order valence-electron chi connectivity index (χ0n) is 14.0. The molecule has 0 N–H and O–H groups in total. The number of likely N-dealkylation sites (N-methyl/N-ethyl adjacent to an activating group) is 1. The summed E-state index contributed by atoms with van der Waals surface area (Å²) in [5.74, 6) is -1.90. The van der Waals surface area contributed by atoms with Gasteiger partial charge in [-0.2, -0.15) is 0 Å². The van der Waals surface area contributed by atoms with Gasteiger partial charge in [0.1, 0.15) is 6.04 Å². The van der Waals surface area contributed by atoms with Gasteiger partial charge in [0.05, 0.1) is 11.1 Å². The molecule has 6 heteroatoms. The van der Waals surface area contributed by atoms with E-state index in [1.165, 1.54) is 12.1 Å². The second kappa shape index (κ2) is 6.86. The van der Waals surface area contributed by atoms with Crippen LogP contribution in [0.25, 0.3) is 0 Å². The smallest absolute Gasteiger partial charge is 0.328 e. The Hall–Kier alpha value is -2.99. The van der Waals surface area contributed by atoms with E-state index in [0.717, 1.165) is 5.56 Å². The lowest BCUT2D eigenvalue weighted by atomic mass is 10.1. The molecule has 25 heavy (non-hydrogen) atoms. The maximum atomic E-state index is 12.4. The molecule has 1 aliphatic rings. The van der Waals surface area contributed by atoms with Gasteiger partial charge < -0.3 is 4.84 Å². The molecule has 2 aromatic carbocycles. The third kappa shape index (κ3) is 3.29. The Morgan fingerprint density at radius 3 is 2.08 bits per heavy atom. The first-order chi connectivity index (χ1) is 12.0. The van der Waals surface area contributed by atoms with Gasteiger partial charge in [0, 0.05) is 6.54 Å². The molecule has 0 saturated carbocycles. The van der Waals surface area contributed by atoms with Crippen molar-refractivity contribution in [2.45, 2.75) is 19.5 Å². The second-order valence-electron chi connectivity index (χ2n) is 5.94. The fraction of sp³-hybridized carbons (Fsp3) is 0.211. The van der Waals surface area contributed by atoms with Crippen LogP contribution in [0.4, 0.5) is 0 Å². The summed E-state index contributed by atoms with van der Waals surface area (Å²) >= 11 is 0. The van der Waals surface area contributed by atoms with Crippen LogP contribution in [-0.4, -0.2) is 40.8 Å². The predicted octanol–water partition coefficient (Wildman–Crippen LogP) is 2.26. The van der Waals surface area contributed by atoms with E-state index in [2.05, 4.69) is 0 Å². The third-order valence-electron chi connectivity index (χ3n) is 4.22.